The number of nitrogens with zero attached hydrogens (tertiary/aromatic N) is 2. The lowest BCUT2D eigenvalue weighted by Crippen LogP contribution is -2.33. The second-order valence-corrected chi connectivity index (χ2v) is 11.3. The van der Waals surface area contributed by atoms with Gasteiger partial charge in [0.2, 0.25) is 5.91 Å². The highest BCUT2D eigenvalue weighted by atomic mass is 32.1. The number of benzene rings is 1. The molecule has 3 aromatic rings. The van der Waals surface area contributed by atoms with Crippen LogP contribution in [0.3, 0.4) is 0 Å². The zero-order valence-corrected chi connectivity index (χ0v) is 23.6. The molecule has 2 aromatic heterocycles. The third-order valence-electron chi connectivity index (χ3n) is 4.57. The molecule has 0 radical (unpaired) electrons. The summed E-state index contributed by atoms with van der Waals surface area (Å²) in [5.41, 5.74) is 4.90. The van der Waals surface area contributed by atoms with Crippen LogP contribution < -0.4 is 10.6 Å². The first-order valence-electron chi connectivity index (χ1n) is 12.3. The Bertz CT molecular complexity index is 1220. The molecule has 0 atom stereocenters. The van der Waals surface area contributed by atoms with Gasteiger partial charge in [0.1, 0.15) is 0 Å². The summed E-state index contributed by atoms with van der Waals surface area (Å²) in [6, 6.07) is 12.0. The minimum atomic E-state index is -0.326. The number of hydrogen-bond acceptors (Lipinski definition) is 5. The van der Waals surface area contributed by atoms with Gasteiger partial charge in [-0.25, -0.2) is 4.98 Å². The number of carbonyl (C=O) groups excluding carboxylic acids is 2. The van der Waals surface area contributed by atoms with E-state index in [9.17, 15) is 9.59 Å². The molecule has 196 valence electrons. The lowest BCUT2D eigenvalue weighted by molar-refractivity contribution is -0.121. The summed E-state index contributed by atoms with van der Waals surface area (Å²) in [6.45, 7) is 14.5. The predicted molar refractivity (Wildman–Crippen MR) is 155 cm³/mol. The number of thiazole rings is 1. The molecule has 0 bridgehead atoms. The van der Waals surface area contributed by atoms with Crippen molar-refractivity contribution in [3.05, 3.63) is 78.0 Å². The van der Waals surface area contributed by atoms with Crippen LogP contribution in [0, 0.1) is 11.3 Å². The molecular formula is C30H38N4O2S. The number of aromatic nitrogens is 2. The average Bonchev–Trinajstić information content (AvgIpc) is 3.31. The van der Waals surface area contributed by atoms with Crippen LogP contribution in [0.25, 0.3) is 22.4 Å². The third-order valence-corrected chi connectivity index (χ3v) is 5.32. The second kappa shape index (κ2) is 14.2. The number of carbonyl (C=O) groups is 2. The highest BCUT2D eigenvalue weighted by Crippen LogP contribution is 2.28. The quantitative estimate of drug-likeness (QED) is 0.245. The summed E-state index contributed by atoms with van der Waals surface area (Å²) in [6.07, 6.45) is 8.95. The van der Waals surface area contributed by atoms with E-state index < -0.39 is 0 Å². The average molecular weight is 519 g/mol. The first-order valence-corrected chi connectivity index (χ1v) is 13.2. The minimum absolute atomic E-state index is 0.127. The molecule has 2 heterocycles. The van der Waals surface area contributed by atoms with Crippen molar-refractivity contribution < 1.29 is 9.59 Å². The Morgan fingerprint density at radius 3 is 2.30 bits per heavy atom. The summed E-state index contributed by atoms with van der Waals surface area (Å²) in [5.74, 6) is -0.272. The molecule has 0 aliphatic rings. The van der Waals surface area contributed by atoms with Crippen molar-refractivity contribution in [1.29, 1.82) is 0 Å². The van der Waals surface area contributed by atoms with Crippen molar-refractivity contribution in [2.24, 2.45) is 11.3 Å². The van der Waals surface area contributed by atoms with Crippen molar-refractivity contribution >= 4 is 28.3 Å². The molecule has 7 heteroatoms. The Balaban J connectivity index is 0.000000877. The van der Waals surface area contributed by atoms with Crippen molar-refractivity contribution in [3.63, 3.8) is 0 Å². The largest absolute Gasteiger partial charge is 0.343 e. The van der Waals surface area contributed by atoms with Crippen LogP contribution in [0.1, 0.15) is 48.5 Å². The van der Waals surface area contributed by atoms with Gasteiger partial charge in [-0.05, 0) is 47.6 Å². The Kier molecular flexibility index (Phi) is 11.4. The van der Waals surface area contributed by atoms with Crippen molar-refractivity contribution in [1.82, 2.24) is 15.3 Å². The van der Waals surface area contributed by atoms with Gasteiger partial charge in [-0.15, -0.1) is 11.3 Å². The zero-order chi connectivity index (χ0) is 27.4. The zero-order valence-electron chi connectivity index (χ0n) is 22.8. The number of rotatable bonds is 8. The van der Waals surface area contributed by atoms with Crippen LogP contribution in [-0.2, 0) is 9.59 Å². The summed E-state index contributed by atoms with van der Waals surface area (Å²) in [4.78, 5) is 33.1. The van der Waals surface area contributed by atoms with Crippen LogP contribution in [0.15, 0.2) is 78.0 Å². The van der Waals surface area contributed by atoms with Gasteiger partial charge < -0.3 is 10.6 Å². The SMILES string of the molecule is C/C=C(\C=C/C(C)C)C(=O)NCC(=O)Nc1nc(-c2cccc(-c3ccncc3)c2)cs1.CC(C)(C)C. The van der Waals surface area contributed by atoms with Crippen LogP contribution in [-0.4, -0.2) is 28.3 Å². The summed E-state index contributed by atoms with van der Waals surface area (Å²) in [7, 11) is 0. The van der Waals surface area contributed by atoms with Crippen molar-refractivity contribution in [2.75, 3.05) is 11.9 Å². The molecule has 2 amide bonds. The van der Waals surface area contributed by atoms with Crippen LogP contribution in [0.2, 0.25) is 0 Å². The summed E-state index contributed by atoms with van der Waals surface area (Å²) >= 11 is 1.34. The van der Waals surface area contributed by atoms with Crippen LogP contribution in [0.4, 0.5) is 5.13 Å². The van der Waals surface area contributed by atoms with Gasteiger partial charge in [0, 0.05) is 28.9 Å². The number of anilines is 1. The van der Waals surface area contributed by atoms with E-state index in [1.807, 2.05) is 55.6 Å². The fourth-order valence-corrected chi connectivity index (χ4v) is 3.63. The number of amides is 2. The predicted octanol–water partition coefficient (Wildman–Crippen LogP) is 7.14. The molecule has 0 fully saturated rings. The lowest BCUT2D eigenvalue weighted by Gasteiger charge is -2.06. The Morgan fingerprint density at radius 1 is 1.03 bits per heavy atom. The van der Waals surface area contributed by atoms with Crippen LogP contribution >= 0.6 is 11.3 Å². The summed E-state index contributed by atoms with van der Waals surface area (Å²) in [5, 5.41) is 7.77. The normalized spacial score (nSPS) is 11.7. The van der Waals surface area contributed by atoms with E-state index in [1.54, 1.807) is 31.5 Å². The number of pyridine rings is 1. The van der Waals surface area contributed by atoms with E-state index in [4.69, 9.17) is 0 Å². The molecule has 0 saturated carbocycles. The standard InChI is InChI=1S/C25H26N4O2S.C5H12/c1-4-18(9-8-17(2)3)24(31)27-15-23(30)29-25-28-22(16-32-25)21-7-5-6-20(14-21)19-10-12-26-13-11-19;1-5(2,3)4/h4-14,16-17H,15H2,1-3H3,(H,27,31)(H,28,29,30);1-4H3/b9-8-,18-4+;. The summed E-state index contributed by atoms with van der Waals surface area (Å²) < 4.78 is 0. The molecule has 0 saturated heterocycles. The van der Waals surface area contributed by atoms with Crippen LogP contribution in [0.5, 0.6) is 0 Å². The maximum absolute atomic E-state index is 12.3. The fourth-order valence-electron chi connectivity index (χ4n) is 2.89. The molecular weight excluding hydrogens is 480 g/mol. The van der Waals surface area contributed by atoms with Gasteiger partial charge in [-0.1, -0.05) is 78.0 Å². The van der Waals surface area contributed by atoms with Gasteiger partial charge in [-0.2, -0.15) is 0 Å². The van der Waals surface area contributed by atoms with Gasteiger partial charge in [0.25, 0.3) is 5.91 Å². The molecule has 2 N–H and O–H groups in total. The fraction of sp³-hybridized carbons (Fsp3) is 0.333. The lowest BCUT2D eigenvalue weighted by atomic mass is 10.0. The highest BCUT2D eigenvalue weighted by molar-refractivity contribution is 7.14. The molecule has 6 nitrogen and oxygen atoms in total. The first-order chi connectivity index (χ1) is 17.5. The second-order valence-electron chi connectivity index (χ2n) is 10.4. The van der Waals surface area contributed by atoms with E-state index in [2.05, 4.69) is 54.4 Å². The monoisotopic (exact) mass is 518 g/mol. The Hall–Kier alpha value is -3.58. The Labute approximate surface area is 225 Å². The first kappa shape index (κ1) is 29.6. The molecule has 0 spiro atoms. The number of hydrogen-bond donors (Lipinski definition) is 2. The van der Waals surface area contributed by atoms with E-state index in [-0.39, 0.29) is 18.4 Å². The molecule has 3 rings (SSSR count). The molecule has 37 heavy (non-hydrogen) atoms. The number of nitrogens with one attached hydrogen (secondary N) is 2. The minimum Gasteiger partial charge on any atom is -0.343 e. The van der Waals surface area contributed by atoms with Crippen molar-refractivity contribution in [2.45, 2.75) is 48.5 Å². The van der Waals surface area contributed by atoms with Gasteiger partial charge in [-0.3, -0.25) is 14.6 Å². The van der Waals surface area contributed by atoms with E-state index in [0.717, 1.165) is 22.4 Å². The maximum Gasteiger partial charge on any atom is 0.251 e. The molecule has 0 aliphatic carbocycles. The van der Waals surface area contributed by atoms with E-state index >= 15 is 0 Å². The molecule has 0 unspecified atom stereocenters. The number of allylic oxidation sites excluding steroid dienone is 2. The highest BCUT2D eigenvalue weighted by Gasteiger charge is 2.11. The van der Waals surface area contributed by atoms with Crippen molar-refractivity contribution in [3.8, 4) is 22.4 Å². The van der Waals surface area contributed by atoms with Gasteiger partial charge in [0.05, 0.1) is 12.2 Å². The smallest absolute Gasteiger partial charge is 0.251 e. The molecule has 1 aromatic carbocycles. The van der Waals surface area contributed by atoms with Gasteiger partial charge in [0.15, 0.2) is 5.13 Å². The van der Waals surface area contributed by atoms with E-state index in [0.29, 0.717) is 22.0 Å². The Morgan fingerprint density at radius 2 is 1.68 bits per heavy atom. The van der Waals surface area contributed by atoms with Gasteiger partial charge >= 0.3 is 0 Å². The van der Waals surface area contributed by atoms with E-state index in [1.165, 1.54) is 11.3 Å². The topological polar surface area (TPSA) is 84.0 Å². The maximum atomic E-state index is 12.3. The third kappa shape index (κ3) is 11.3. The molecule has 0 aliphatic heterocycles.